The second-order valence-electron chi connectivity index (χ2n) is 4.48. The van der Waals surface area contributed by atoms with Gasteiger partial charge in [-0.2, -0.15) is 0 Å². The van der Waals surface area contributed by atoms with Gasteiger partial charge in [-0.1, -0.05) is 6.07 Å². The average Bonchev–Trinajstić information content (AvgIpc) is 2.75. The number of ether oxygens (including phenoxy) is 1. The summed E-state index contributed by atoms with van der Waals surface area (Å²) in [6, 6.07) is 5.65. The maximum absolute atomic E-state index is 12.2. The summed E-state index contributed by atoms with van der Waals surface area (Å²) in [5, 5.41) is 0. The Labute approximate surface area is 114 Å². The summed E-state index contributed by atoms with van der Waals surface area (Å²) in [4.78, 5) is 14.0. The number of carbonyl (C=O) groups is 1. The van der Waals surface area contributed by atoms with Crippen LogP contribution in [0.2, 0.25) is 0 Å². The molecule has 1 atom stereocenters. The van der Waals surface area contributed by atoms with Crippen molar-refractivity contribution in [3.05, 3.63) is 29.3 Å². The largest absolute Gasteiger partial charge is 0.496 e. The maximum Gasteiger partial charge on any atom is 0.254 e. The van der Waals surface area contributed by atoms with E-state index in [1.165, 1.54) is 0 Å². The van der Waals surface area contributed by atoms with Gasteiger partial charge in [0.1, 0.15) is 5.75 Å². The number of carbonyl (C=O) groups excluding carboxylic acids is 1. The lowest BCUT2D eigenvalue weighted by atomic mass is 10.1. The molecule has 1 fully saturated rings. The first-order chi connectivity index (χ1) is 8.11. The van der Waals surface area contributed by atoms with Crippen LogP contribution in [0, 0.1) is 6.92 Å². The minimum Gasteiger partial charge on any atom is -0.496 e. The molecule has 5 heteroatoms. The van der Waals surface area contributed by atoms with Crippen molar-refractivity contribution in [1.29, 1.82) is 0 Å². The quantitative estimate of drug-likeness (QED) is 0.888. The van der Waals surface area contributed by atoms with E-state index in [0.29, 0.717) is 12.1 Å². The standard InChI is InChI=1S/C13H18N2O2.ClH/c1-9-3-4-10(7-12(9)17-2)13(16)15-6-5-11(14)8-15;/h3-4,7,11H,5-6,8,14H2,1-2H3;1H/t11-;/m1./s1. The van der Waals surface area contributed by atoms with E-state index < -0.39 is 0 Å². The van der Waals surface area contributed by atoms with Gasteiger partial charge in [-0.15, -0.1) is 12.4 Å². The minimum atomic E-state index is 0. The van der Waals surface area contributed by atoms with Gasteiger partial charge in [-0.05, 0) is 31.0 Å². The Hall–Kier alpha value is -1.26. The van der Waals surface area contributed by atoms with Crippen LogP contribution in [0.3, 0.4) is 0 Å². The van der Waals surface area contributed by atoms with E-state index in [-0.39, 0.29) is 24.4 Å². The number of rotatable bonds is 2. The smallest absolute Gasteiger partial charge is 0.254 e. The van der Waals surface area contributed by atoms with E-state index in [0.717, 1.165) is 24.3 Å². The molecule has 1 aliphatic rings. The summed E-state index contributed by atoms with van der Waals surface area (Å²) >= 11 is 0. The number of hydrogen-bond acceptors (Lipinski definition) is 3. The first-order valence-corrected chi connectivity index (χ1v) is 5.81. The van der Waals surface area contributed by atoms with Gasteiger partial charge in [0.05, 0.1) is 7.11 Å². The van der Waals surface area contributed by atoms with E-state index in [2.05, 4.69) is 0 Å². The zero-order valence-corrected chi connectivity index (χ0v) is 11.5. The van der Waals surface area contributed by atoms with Gasteiger partial charge in [0, 0.05) is 24.7 Å². The minimum absolute atomic E-state index is 0. The zero-order valence-electron chi connectivity index (χ0n) is 10.7. The molecule has 2 rings (SSSR count). The first kappa shape index (κ1) is 14.8. The molecule has 4 nitrogen and oxygen atoms in total. The normalized spacial score (nSPS) is 18.4. The van der Waals surface area contributed by atoms with Crippen molar-refractivity contribution < 1.29 is 9.53 Å². The van der Waals surface area contributed by atoms with Crippen molar-refractivity contribution in [1.82, 2.24) is 4.90 Å². The van der Waals surface area contributed by atoms with E-state index in [9.17, 15) is 4.79 Å². The number of methoxy groups -OCH3 is 1. The molecule has 1 saturated heterocycles. The van der Waals surface area contributed by atoms with E-state index in [4.69, 9.17) is 10.5 Å². The van der Waals surface area contributed by atoms with Crippen LogP contribution >= 0.6 is 12.4 Å². The van der Waals surface area contributed by atoms with Gasteiger partial charge in [0.15, 0.2) is 0 Å². The summed E-state index contributed by atoms with van der Waals surface area (Å²) in [7, 11) is 1.61. The molecule has 1 aromatic rings. The van der Waals surface area contributed by atoms with Crippen molar-refractivity contribution >= 4 is 18.3 Å². The Kier molecular flexibility index (Phi) is 4.99. The topological polar surface area (TPSA) is 55.6 Å². The number of likely N-dealkylation sites (tertiary alicyclic amines) is 1. The molecule has 1 heterocycles. The maximum atomic E-state index is 12.2. The molecule has 0 spiro atoms. The van der Waals surface area contributed by atoms with Crippen LogP contribution < -0.4 is 10.5 Å². The fourth-order valence-corrected chi connectivity index (χ4v) is 2.11. The third-order valence-electron chi connectivity index (χ3n) is 3.17. The van der Waals surface area contributed by atoms with Gasteiger partial charge >= 0.3 is 0 Å². The third-order valence-corrected chi connectivity index (χ3v) is 3.17. The van der Waals surface area contributed by atoms with Gasteiger partial charge < -0.3 is 15.4 Å². The Bertz CT molecular complexity index is 437. The lowest BCUT2D eigenvalue weighted by molar-refractivity contribution is 0.0790. The van der Waals surface area contributed by atoms with Gasteiger partial charge in [-0.3, -0.25) is 4.79 Å². The SMILES string of the molecule is COc1cc(C(=O)N2CC[C@@H](N)C2)ccc1C.Cl. The molecule has 0 saturated carbocycles. The van der Waals surface area contributed by atoms with Crippen LogP contribution in [-0.2, 0) is 0 Å². The van der Waals surface area contributed by atoms with Gasteiger partial charge in [0.25, 0.3) is 5.91 Å². The van der Waals surface area contributed by atoms with Crippen molar-refractivity contribution in [2.75, 3.05) is 20.2 Å². The molecule has 18 heavy (non-hydrogen) atoms. The molecule has 0 radical (unpaired) electrons. The third kappa shape index (κ3) is 2.94. The molecule has 1 aromatic carbocycles. The molecule has 2 N–H and O–H groups in total. The molecular weight excluding hydrogens is 252 g/mol. The highest BCUT2D eigenvalue weighted by Gasteiger charge is 2.24. The number of benzene rings is 1. The lowest BCUT2D eigenvalue weighted by Crippen LogP contribution is -2.31. The van der Waals surface area contributed by atoms with Crippen molar-refractivity contribution in [2.45, 2.75) is 19.4 Å². The highest BCUT2D eigenvalue weighted by Crippen LogP contribution is 2.21. The lowest BCUT2D eigenvalue weighted by Gasteiger charge is -2.16. The number of nitrogens with two attached hydrogens (primary N) is 1. The highest BCUT2D eigenvalue weighted by molar-refractivity contribution is 5.95. The molecule has 0 aliphatic carbocycles. The monoisotopic (exact) mass is 270 g/mol. The predicted octanol–water partition coefficient (Wildman–Crippen LogP) is 1.60. The van der Waals surface area contributed by atoms with Gasteiger partial charge in [0.2, 0.25) is 0 Å². The fraction of sp³-hybridized carbons (Fsp3) is 0.462. The van der Waals surface area contributed by atoms with Crippen LogP contribution in [0.4, 0.5) is 0 Å². The number of amides is 1. The van der Waals surface area contributed by atoms with E-state index in [1.54, 1.807) is 18.1 Å². The average molecular weight is 271 g/mol. The molecule has 0 aromatic heterocycles. The first-order valence-electron chi connectivity index (χ1n) is 5.81. The van der Waals surface area contributed by atoms with Gasteiger partial charge in [-0.25, -0.2) is 0 Å². The summed E-state index contributed by atoms with van der Waals surface area (Å²) in [6.45, 7) is 3.35. The molecule has 100 valence electrons. The number of nitrogens with zero attached hydrogens (tertiary/aromatic N) is 1. The molecule has 0 bridgehead atoms. The van der Waals surface area contributed by atoms with Crippen LogP contribution in [0.25, 0.3) is 0 Å². The highest BCUT2D eigenvalue weighted by atomic mass is 35.5. The Morgan fingerprint density at radius 1 is 1.50 bits per heavy atom. The summed E-state index contributed by atoms with van der Waals surface area (Å²) in [5.74, 6) is 0.788. The van der Waals surface area contributed by atoms with Crippen molar-refractivity contribution in [2.24, 2.45) is 5.73 Å². The van der Waals surface area contributed by atoms with Crippen LogP contribution in [0.1, 0.15) is 22.3 Å². The zero-order chi connectivity index (χ0) is 12.4. The summed E-state index contributed by atoms with van der Waals surface area (Å²) in [6.07, 6.45) is 0.884. The molecule has 0 unspecified atom stereocenters. The molecular formula is C13H19ClN2O2. The Balaban J connectivity index is 0.00000162. The number of halogens is 1. The van der Waals surface area contributed by atoms with E-state index >= 15 is 0 Å². The fourth-order valence-electron chi connectivity index (χ4n) is 2.11. The second-order valence-corrected chi connectivity index (χ2v) is 4.48. The molecule has 1 aliphatic heterocycles. The summed E-state index contributed by atoms with van der Waals surface area (Å²) in [5.41, 5.74) is 7.50. The van der Waals surface area contributed by atoms with Crippen LogP contribution in [-0.4, -0.2) is 37.0 Å². The van der Waals surface area contributed by atoms with Crippen molar-refractivity contribution in [3.8, 4) is 5.75 Å². The summed E-state index contributed by atoms with van der Waals surface area (Å²) < 4.78 is 5.22. The number of aryl methyl sites for hydroxylation is 1. The Morgan fingerprint density at radius 2 is 2.22 bits per heavy atom. The van der Waals surface area contributed by atoms with Crippen LogP contribution in [0.15, 0.2) is 18.2 Å². The Morgan fingerprint density at radius 3 is 2.78 bits per heavy atom. The van der Waals surface area contributed by atoms with Crippen LogP contribution in [0.5, 0.6) is 5.75 Å². The number of hydrogen-bond donors (Lipinski definition) is 1. The predicted molar refractivity (Wildman–Crippen MR) is 73.5 cm³/mol. The second kappa shape index (κ2) is 6.07. The molecule has 1 amide bonds. The van der Waals surface area contributed by atoms with E-state index in [1.807, 2.05) is 19.1 Å². The van der Waals surface area contributed by atoms with Crippen molar-refractivity contribution in [3.63, 3.8) is 0 Å².